The number of amides is 9. The highest BCUT2D eigenvalue weighted by Crippen LogP contribution is 2.40. The first-order valence-electron chi connectivity index (χ1n) is 30.3. The van der Waals surface area contributed by atoms with Crippen LogP contribution in [0, 0.1) is 38.0 Å². The largest absolute Gasteiger partial charge is 0.394 e. The number of hydrogen-bond acceptors (Lipinski definition) is 27. The van der Waals surface area contributed by atoms with Gasteiger partial charge in [0.15, 0.2) is 18.3 Å². The fourth-order valence-electron chi connectivity index (χ4n) is 9.29. The number of nitrogens with zero attached hydrogens (tertiary/aromatic N) is 3. The predicted molar refractivity (Wildman–Crippen MR) is 440 cm³/mol. The van der Waals surface area contributed by atoms with E-state index in [0.29, 0.717) is 0 Å². The second-order valence-corrected chi connectivity index (χ2v) is 32.1. The topological polar surface area (TPSA) is 600 Å². The number of nitrogens with one attached hydrogen (secondary N) is 6. The minimum atomic E-state index is -2.00. The fraction of sp³-hybridized carbons (Fsp3) is 0.534. The molecule has 24 N–H and O–H groups in total. The highest BCUT2D eigenvalue weighted by atomic mass is 127. The van der Waals surface area contributed by atoms with Crippen molar-refractivity contribution in [3.8, 4) is 0 Å². The molecule has 0 fully saturated rings. The number of aliphatic hydroxyl groups excluding tert-OH is 18. The summed E-state index contributed by atoms with van der Waals surface area (Å²) in [5.41, 5.74) is -2.29. The molecule has 45 heteroatoms. The van der Waals surface area contributed by atoms with Gasteiger partial charge in [-0.2, -0.15) is 0 Å². The monoisotopic (exact) mass is 2470 g/mol. The number of carbonyl (C=O) groups is 9. The molecule has 0 aromatic heterocycles. The van der Waals surface area contributed by atoms with Crippen LogP contribution < -0.4 is 31.9 Å². The zero-order chi connectivity index (χ0) is 78.2. The van der Waals surface area contributed by atoms with Crippen molar-refractivity contribution in [3.05, 3.63) is 65.5 Å². The van der Waals surface area contributed by atoms with Gasteiger partial charge < -0.3 is 139 Å². The van der Waals surface area contributed by atoms with E-state index in [1.165, 1.54) is 0 Å². The lowest BCUT2D eigenvalue weighted by Crippen LogP contribution is -2.44. The maximum absolute atomic E-state index is 14.7. The minimum absolute atomic E-state index is 0.0105. The smallest absolute Gasteiger partial charge is 0.256 e. The Morgan fingerprint density at radius 2 is 0.466 bits per heavy atom. The highest BCUT2D eigenvalue weighted by molar-refractivity contribution is 14.1. The maximum Gasteiger partial charge on any atom is 0.256 e. The van der Waals surface area contributed by atoms with Crippen LogP contribution in [0.3, 0.4) is 0 Å². The van der Waals surface area contributed by atoms with Crippen LogP contribution in [-0.2, 0) is 14.4 Å². The molecule has 3 aromatic rings. The van der Waals surface area contributed by atoms with Gasteiger partial charge in [0.2, 0.25) is 0 Å². The number of hydrogen-bond donors (Lipinski definition) is 24. The molecule has 36 nitrogen and oxygen atoms in total. The molecular formula is C58H76I9N9O27. The first-order chi connectivity index (χ1) is 48.4. The summed E-state index contributed by atoms with van der Waals surface area (Å²) in [5.74, 6) is -9.82. The number of anilines is 3. The molecule has 0 radical (unpaired) electrons. The van der Waals surface area contributed by atoms with Crippen molar-refractivity contribution < 1.29 is 135 Å². The quantitative estimate of drug-likeness (QED) is 0.0239. The third-order valence-corrected chi connectivity index (χ3v) is 24.4. The Hall–Kier alpha value is -1.26. The van der Waals surface area contributed by atoms with Crippen LogP contribution >= 0.6 is 203 Å². The van der Waals surface area contributed by atoms with Crippen molar-refractivity contribution in [1.29, 1.82) is 0 Å². The molecule has 3 aromatic carbocycles. The lowest BCUT2D eigenvalue weighted by molar-refractivity contribution is -0.126. The van der Waals surface area contributed by atoms with Gasteiger partial charge in [-0.15, -0.1) is 0 Å². The summed E-state index contributed by atoms with van der Waals surface area (Å²) in [6.07, 6.45) is -15.6. The fourth-order valence-corrected chi connectivity index (χ4v) is 22.4. The number of carbonyl (C=O) groups excluding carboxylic acids is 9. The molecule has 0 aliphatic rings. The number of rotatable bonds is 42. The Bertz CT molecular complexity index is 3120. The van der Waals surface area contributed by atoms with Crippen LogP contribution in [0.25, 0.3) is 0 Å². The highest BCUT2D eigenvalue weighted by Gasteiger charge is 2.37. The van der Waals surface area contributed by atoms with Gasteiger partial charge in [-0.1, -0.05) is 0 Å². The third-order valence-electron chi connectivity index (χ3n) is 14.7. The second-order valence-electron chi connectivity index (χ2n) is 22.4. The molecule has 103 heavy (non-hydrogen) atoms. The molecule has 9 unspecified atom stereocenters. The van der Waals surface area contributed by atoms with Crippen LogP contribution in [0.5, 0.6) is 0 Å². The Labute approximate surface area is 710 Å². The van der Waals surface area contributed by atoms with E-state index in [-0.39, 0.29) is 121 Å². The molecule has 9 atom stereocenters. The average Bonchev–Trinajstić information content (AvgIpc) is 0.776. The van der Waals surface area contributed by atoms with Crippen molar-refractivity contribution >= 4 is 274 Å². The number of halogens is 9. The molecule has 0 heterocycles. The SMILES string of the molecule is O=C(NCCC(CCNC(=O)c1c(I)c(NC(=O)C(O)CO)c(I)c(C(=O)N(CC(O)CO)CC(O)CO)c1I)CCNC(=O)c1c(I)c(NC(=O)C(O)CO)c(I)c(C(=O)N(CC(O)CO)CC(O)CO)c1I)c1c(I)c(NC(=O)C(O)CO)c(I)c(C(=O)N(CC(O)CO)CC(O)CO)c1I. The molecule has 0 saturated carbocycles. The molecular weight excluding hydrogens is 2400 g/mol. The minimum Gasteiger partial charge on any atom is -0.394 e. The second kappa shape index (κ2) is 47.2. The molecule has 9 amide bonds. The molecule has 0 aliphatic carbocycles. The summed E-state index contributed by atoms with van der Waals surface area (Å²) in [7, 11) is 0. The van der Waals surface area contributed by atoms with Crippen LogP contribution in [0.2, 0.25) is 0 Å². The van der Waals surface area contributed by atoms with E-state index in [1.807, 2.05) is 0 Å². The van der Waals surface area contributed by atoms with Crippen molar-refractivity contribution in [1.82, 2.24) is 30.7 Å². The molecule has 0 aliphatic heterocycles. The van der Waals surface area contributed by atoms with Gasteiger partial charge in [0.05, 0.1) is 168 Å². The van der Waals surface area contributed by atoms with E-state index in [4.69, 9.17) is 0 Å². The van der Waals surface area contributed by atoms with Crippen LogP contribution in [0.4, 0.5) is 17.1 Å². The Morgan fingerprint density at radius 3 is 0.641 bits per heavy atom. The van der Waals surface area contributed by atoms with Gasteiger partial charge in [0, 0.05) is 69.6 Å². The van der Waals surface area contributed by atoms with Crippen LogP contribution in [0.1, 0.15) is 81.4 Å². The summed E-state index contributed by atoms with van der Waals surface area (Å²) >= 11 is 15.2. The van der Waals surface area contributed by atoms with Gasteiger partial charge in [-0.05, 0) is 228 Å². The number of aliphatic hydroxyl groups is 18. The summed E-state index contributed by atoms with van der Waals surface area (Å²) in [6.45, 7) is -12.7. The molecule has 0 bridgehead atoms. The van der Waals surface area contributed by atoms with E-state index < -0.39 is 213 Å². The standard InChI is InChI=1S/C58H76I9N9O27/c59-38-32(41(62)47(71-50(95)29(92)19-83)44(65)35(38)56(101)74(7-23(86)13-77)8-24(87)14-78)53(98)68-4-1-22(2-5-69-54(99)33-39(60)36(45(66)48(42(33)63)72-51(96)30(93)20-84)57(102)75(9-25(88)15-79)10-26(89)16-80)3-6-70-55(100)34-40(61)37(46(67)49(43(34)64)73-52(97)31(94)21-85)58(103)76(11-27(90)17-81)12-28(91)18-82/h22-31,77-94H,1-21H2,(H,68,98)(H,69,99)(H,70,100)(H,71,95)(H,72,96)(H,73,97). The Morgan fingerprint density at radius 1 is 0.282 bits per heavy atom. The molecule has 578 valence electrons. The van der Waals surface area contributed by atoms with Gasteiger partial charge in [-0.25, -0.2) is 0 Å². The number of benzene rings is 3. The zero-order valence-electron chi connectivity index (χ0n) is 53.6. The summed E-state index contributed by atoms with van der Waals surface area (Å²) in [6, 6.07) is 0. The third kappa shape index (κ3) is 27.0. The predicted octanol–water partition coefficient (Wildman–Crippen LogP) is -4.17. The molecule has 0 saturated heterocycles. The van der Waals surface area contributed by atoms with E-state index >= 15 is 0 Å². The first-order valence-corrected chi connectivity index (χ1v) is 40.0. The summed E-state index contributed by atoms with van der Waals surface area (Å²) < 4.78 is -0.337. The van der Waals surface area contributed by atoms with Gasteiger partial charge in [-0.3, -0.25) is 43.2 Å². The lowest BCUT2D eigenvalue weighted by atomic mass is 9.96. The summed E-state index contributed by atoms with van der Waals surface area (Å²) in [5, 5.41) is 196. The zero-order valence-corrected chi connectivity index (χ0v) is 73.0. The summed E-state index contributed by atoms with van der Waals surface area (Å²) in [4.78, 5) is 130. The van der Waals surface area contributed by atoms with Crippen LogP contribution in [0.15, 0.2) is 0 Å². The van der Waals surface area contributed by atoms with Crippen molar-refractivity contribution in [2.75, 3.05) is 134 Å². The van der Waals surface area contributed by atoms with Crippen molar-refractivity contribution in [2.24, 2.45) is 5.92 Å². The average molecular weight is 2470 g/mol. The van der Waals surface area contributed by atoms with Gasteiger partial charge in [0.25, 0.3) is 53.2 Å². The van der Waals surface area contributed by atoms with E-state index in [9.17, 15) is 135 Å². The Balaban J connectivity index is 2.33. The lowest BCUT2D eigenvalue weighted by Gasteiger charge is -2.29. The van der Waals surface area contributed by atoms with Gasteiger partial charge >= 0.3 is 0 Å². The molecule has 0 spiro atoms. The van der Waals surface area contributed by atoms with E-state index in [2.05, 4.69) is 31.9 Å². The maximum atomic E-state index is 14.7. The van der Waals surface area contributed by atoms with Crippen molar-refractivity contribution in [2.45, 2.75) is 74.2 Å². The van der Waals surface area contributed by atoms with Crippen molar-refractivity contribution in [3.63, 3.8) is 0 Å². The van der Waals surface area contributed by atoms with E-state index in [0.717, 1.165) is 14.7 Å². The molecule has 3 rings (SSSR count). The van der Waals surface area contributed by atoms with Crippen LogP contribution in [-0.4, -0.2) is 333 Å². The normalized spacial score (nSPS) is 14.4. The van der Waals surface area contributed by atoms with E-state index in [1.54, 1.807) is 203 Å². The van der Waals surface area contributed by atoms with Gasteiger partial charge in [0.1, 0.15) is 0 Å². The Kier molecular flexibility index (Phi) is 43.9. The first kappa shape index (κ1) is 95.9.